The van der Waals surface area contributed by atoms with E-state index in [2.05, 4.69) is 36.1 Å². The van der Waals surface area contributed by atoms with Crippen LogP contribution in [0.5, 0.6) is 5.88 Å². The number of hydrogen-bond acceptors (Lipinski definition) is 4. The van der Waals surface area contributed by atoms with Crippen molar-refractivity contribution in [1.29, 1.82) is 0 Å². The van der Waals surface area contributed by atoms with Crippen LogP contribution >= 0.6 is 0 Å². The average Bonchev–Trinajstić information content (AvgIpc) is 2.67. The topological polar surface area (TPSA) is 47.0 Å². The van der Waals surface area contributed by atoms with Crippen LogP contribution < -0.4 is 10.1 Å². The minimum absolute atomic E-state index is 0.323. The fraction of sp³-hybridized carbons (Fsp3) is 0.714. The first-order valence-corrected chi connectivity index (χ1v) is 6.84. The van der Waals surface area contributed by atoms with Crippen molar-refractivity contribution < 1.29 is 4.74 Å². The third kappa shape index (κ3) is 3.12. The summed E-state index contributed by atoms with van der Waals surface area (Å²) in [5.41, 5.74) is 0.323. The van der Waals surface area contributed by atoms with Crippen molar-refractivity contribution in [2.24, 2.45) is 5.41 Å². The van der Waals surface area contributed by atoms with Crippen LogP contribution in [0.25, 0.3) is 0 Å². The van der Waals surface area contributed by atoms with Crippen molar-refractivity contribution in [3.05, 3.63) is 12.3 Å². The summed E-state index contributed by atoms with van der Waals surface area (Å²) in [6.07, 6.45) is 6.47. The van der Waals surface area contributed by atoms with Gasteiger partial charge in [0.05, 0.1) is 6.61 Å². The average molecular weight is 249 g/mol. The summed E-state index contributed by atoms with van der Waals surface area (Å²) < 4.78 is 5.52. The van der Waals surface area contributed by atoms with Crippen molar-refractivity contribution in [3.8, 4) is 5.88 Å². The number of anilines is 1. The number of ether oxygens (including phenoxy) is 1. The van der Waals surface area contributed by atoms with Crippen LogP contribution in [0, 0.1) is 5.41 Å². The molecule has 1 N–H and O–H groups in total. The Morgan fingerprint density at radius 1 is 1.50 bits per heavy atom. The van der Waals surface area contributed by atoms with E-state index in [0.29, 0.717) is 29.9 Å². The summed E-state index contributed by atoms with van der Waals surface area (Å²) in [5.74, 6) is 1.34. The zero-order valence-electron chi connectivity index (χ0n) is 11.6. The molecule has 18 heavy (non-hydrogen) atoms. The standard InChI is InChI=1S/C14H23N3O/c1-4-10-18-12-7-9-15-13(17-12)16-11-6-5-8-14(11,2)3/h7,9,11H,4-6,8,10H2,1-3H3,(H,15,16,17). The predicted octanol–water partition coefficient (Wildman–Crippen LogP) is 3.26. The fourth-order valence-corrected chi connectivity index (χ4v) is 2.45. The molecule has 4 heteroatoms. The van der Waals surface area contributed by atoms with Gasteiger partial charge in [0.2, 0.25) is 11.8 Å². The molecule has 1 aliphatic carbocycles. The van der Waals surface area contributed by atoms with Crippen molar-refractivity contribution in [2.75, 3.05) is 11.9 Å². The number of aromatic nitrogens is 2. The van der Waals surface area contributed by atoms with Gasteiger partial charge < -0.3 is 10.1 Å². The van der Waals surface area contributed by atoms with E-state index in [4.69, 9.17) is 4.74 Å². The van der Waals surface area contributed by atoms with Gasteiger partial charge in [-0.15, -0.1) is 0 Å². The first kappa shape index (κ1) is 13.1. The van der Waals surface area contributed by atoms with E-state index in [1.54, 1.807) is 12.3 Å². The number of rotatable bonds is 5. The third-order valence-electron chi connectivity index (χ3n) is 3.64. The Bertz CT molecular complexity index is 392. The highest BCUT2D eigenvalue weighted by Crippen LogP contribution is 2.38. The Hall–Kier alpha value is -1.32. The maximum absolute atomic E-state index is 5.52. The third-order valence-corrected chi connectivity index (χ3v) is 3.64. The molecule has 1 aliphatic rings. The van der Waals surface area contributed by atoms with Crippen LogP contribution in [0.1, 0.15) is 46.5 Å². The van der Waals surface area contributed by atoms with Gasteiger partial charge >= 0.3 is 0 Å². The minimum atomic E-state index is 0.323. The van der Waals surface area contributed by atoms with Crippen LogP contribution in [0.15, 0.2) is 12.3 Å². The molecular weight excluding hydrogens is 226 g/mol. The predicted molar refractivity (Wildman–Crippen MR) is 72.9 cm³/mol. The summed E-state index contributed by atoms with van der Waals surface area (Å²) in [7, 11) is 0. The van der Waals surface area contributed by atoms with E-state index in [1.165, 1.54) is 19.3 Å². The lowest BCUT2D eigenvalue weighted by Crippen LogP contribution is -2.31. The highest BCUT2D eigenvalue weighted by Gasteiger charge is 2.34. The number of nitrogens with one attached hydrogen (secondary N) is 1. The van der Waals surface area contributed by atoms with E-state index >= 15 is 0 Å². The molecule has 4 nitrogen and oxygen atoms in total. The molecule has 0 spiro atoms. The second-order valence-corrected chi connectivity index (χ2v) is 5.64. The molecule has 0 aliphatic heterocycles. The molecular formula is C14H23N3O. The molecule has 1 saturated carbocycles. The van der Waals surface area contributed by atoms with Crippen molar-refractivity contribution in [2.45, 2.75) is 52.5 Å². The van der Waals surface area contributed by atoms with Gasteiger partial charge in [-0.05, 0) is 24.7 Å². The Morgan fingerprint density at radius 3 is 3.00 bits per heavy atom. The van der Waals surface area contributed by atoms with Gasteiger partial charge in [0.1, 0.15) is 0 Å². The summed E-state index contributed by atoms with van der Waals surface area (Å²) in [6.45, 7) is 7.39. The number of nitrogens with zero attached hydrogens (tertiary/aromatic N) is 2. The van der Waals surface area contributed by atoms with Gasteiger partial charge in [0.15, 0.2) is 0 Å². The molecule has 1 aromatic heterocycles. The lowest BCUT2D eigenvalue weighted by Gasteiger charge is -2.27. The van der Waals surface area contributed by atoms with Crippen LogP contribution in [0.2, 0.25) is 0 Å². The summed E-state index contributed by atoms with van der Waals surface area (Å²) in [6, 6.07) is 2.26. The minimum Gasteiger partial charge on any atom is -0.478 e. The largest absolute Gasteiger partial charge is 0.478 e. The number of hydrogen-bond donors (Lipinski definition) is 1. The maximum Gasteiger partial charge on any atom is 0.226 e. The molecule has 0 aromatic carbocycles. The van der Waals surface area contributed by atoms with Gasteiger partial charge in [0, 0.05) is 18.3 Å². The van der Waals surface area contributed by atoms with E-state index < -0.39 is 0 Å². The Kier molecular flexibility index (Phi) is 4.04. The monoisotopic (exact) mass is 249 g/mol. The maximum atomic E-state index is 5.52. The summed E-state index contributed by atoms with van der Waals surface area (Å²) >= 11 is 0. The van der Waals surface area contributed by atoms with Gasteiger partial charge in [-0.25, -0.2) is 4.98 Å². The van der Waals surface area contributed by atoms with E-state index in [-0.39, 0.29) is 0 Å². The SMILES string of the molecule is CCCOc1ccnc(NC2CCCC2(C)C)n1. The molecule has 0 radical (unpaired) electrons. The smallest absolute Gasteiger partial charge is 0.226 e. The first-order chi connectivity index (χ1) is 8.62. The molecule has 0 saturated heterocycles. The Morgan fingerprint density at radius 2 is 2.33 bits per heavy atom. The van der Waals surface area contributed by atoms with E-state index in [9.17, 15) is 0 Å². The van der Waals surface area contributed by atoms with Crippen molar-refractivity contribution in [1.82, 2.24) is 9.97 Å². The van der Waals surface area contributed by atoms with Crippen molar-refractivity contribution in [3.63, 3.8) is 0 Å². The van der Waals surface area contributed by atoms with Gasteiger partial charge in [-0.3, -0.25) is 0 Å². The molecule has 2 rings (SSSR count). The fourth-order valence-electron chi connectivity index (χ4n) is 2.45. The Labute approximate surface area is 109 Å². The second kappa shape index (κ2) is 5.55. The summed E-state index contributed by atoms with van der Waals surface area (Å²) in [5, 5.41) is 3.45. The van der Waals surface area contributed by atoms with Crippen LogP contribution in [-0.4, -0.2) is 22.6 Å². The van der Waals surface area contributed by atoms with Gasteiger partial charge in [-0.2, -0.15) is 4.98 Å². The normalized spacial score (nSPS) is 21.8. The molecule has 1 unspecified atom stereocenters. The molecule has 1 atom stereocenters. The molecule has 1 heterocycles. The second-order valence-electron chi connectivity index (χ2n) is 5.64. The highest BCUT2D eigenvalue weighted by atomic mass is 16.5. The quantitative estimate of drug-likeness (QED) is 0.870. The van der Waals surface area contributed by atoms with E-state index in [1.807, 2.05) is 0 Å². The van der Waals surface area contributed by atoms with Gasteiger partial charge in [0.25, 0.3) is 0 Å². The molecule has 0 amide bonds. The van der Waals surface area contributed by atoms with Crippen LogP contribution in [-0.2, 0) is 0 Å². The molecule has 0 bridgehead atoms. The van der Waals surface area contributed by atoms with Crippen LogP contribution in [0.4, 0.5) is 5.95 Å². The molecule has 1 fully saturated rings. The lowest BCUT2D eigenvalue weighted by molar-refractivity contribution is 0.304. The van der Waals surface area contributed by atoms with Crippen LogP contribution in [0.3, 0.4) is 0 Å². The Balaban J connectivity index is 2.00. The van der Waals surface area contributed by atoms with Crippen molar-refractivity contribution >= 4 is 5.95 Å². The zero-order valence-corrected chi connectivity index (χ0v) is 11.6. The highest BCUT2D eigenvalue weighted by molar-refractivity contribution is 5.30. The molecule has 100 valence electrons. The van der Waals surface area contributed by atoms with E-state index in [0.717, 1.165) is 6.42 Å². The lowest BCUT2D eigenvalue weighted by atomic mass is 9.87. The van der Waals surface area contributed by atoms with Gasteiger partial charge in [-0.1, -0.05) is 27.2 Å². The first-order valence-electron chi connectivity index (χ1n) is 6.84. The zero-order chi connectivity index (χ0) is 13.0. The molecule has 1 aromatic rings. The summed E-state index contributed by atoms with van der Waals surface area (Å²) in [4.78, 5) is 8.67.